The number of nitrogens with one attached hydrogen (secondary N) is 1. The molecule has 1 N–H and O–H groups in total. The van der Waals surface area contributed by atoms with Gasteiger partial charge in [0.25, 0.3) is 0 Å². The fraction of sp³-hybridized carbons (Fsp3) is 1.00. The minimum Gasteiger partial charge on any atom is -0.314 e. The van der Waals surface area contributed by atoms with E-state index in [0.717, 1.165) is 18.0 Å². The largest absolute Gasteiger partial charge is 0.314 e. The van der Waals surface area contributed by atoms with E-state index in [4.69, 9.17) is 0 Å². The lowest BCUT2D eigenvalue weighted by molar-refractivity contribution is 0.0591. The summed E-state index contributed by atoms with van der Waals surface area (Å²) in [6, 6.07) is 1.81. The van der Waals surface area contributed by atoms with Crippen LogP contribution in [0.2, 0.25) is 0 Å². The zero-order chi connectivity index (χ0) is 12.2. The third-order valence-corrected chi connectivity index (χ3v) is 5.52. The molecule has 1 aliphatic carbocycles. The predicted molar refractivity (Wildman–Crippen MR) is 76.8 cm³/mol. The average molecular weight is 250 g/mol. The second kappa shape index (κ2) is 6.38. The summed E-state index contributed by atoms with van der Waals surface area (Å²) in [5.41, 5.74) is 0. The standard InChI is InChI=1S/C16H30N2/c1-2-10-16-14(6-1)7-4-12-18(16)13-5-9-15-8-3-11-17-15/h14-17H,1-13H2. The summed E-state index contributed by atoms with van der Waals surface area (Å²) in [5.74, 6) is 1.05. The molecule has 2 heteroatoms. The molecule has 2 heterocycles. The maximum Gasteiger partial charge on any atom is 0.0123 e. The van der Waals surface area contributed by atoms with Crippen molar-refractivity contribution in [2.45, 2.75) is 76.3 Å². The maximum atomic E-state index is 3.63. The Morgan fingerprint density at radius 3 is 2.72 bits per heavy atom. The van der Waals surface area contributed by atoms with Crippen molar-refractivity contribution in [3.63, 3.8) is 0 Å². The molecule has 3 unspecified atom stereocenters. The van der Waals surface area contributed by atoms with Gasteiger partial charge in [0, 0.05) is 12.1 Å². The number of hydrogen-bond acceptors (Lipinski definition) is 2. The van der Waals surface area contributed by atoms with Crippen LogP contribution in [-0.2, 0) is 0 Å². The first kappa shape index (κ1) is 12.9. The van der Waals surface area contributed by atoms with Crippen molar-refractivity contribution in [3.8, 4) is 0 Å². The van der Waals surface area contributed by atoms with Crippen molar-refractivity contribution in [1.82, 2.24) is 10.2 Å². The SMILES string of the molecule is C1CNC(CCCN2CCCC3CCCCC32)C1. The molecule has 3 aliphatic rings. The van der Waals surface area contributed by atoms with E-state index < -0.39 is 0 Å². The first-order valence-electron chi connectivity index (χ1n) is 8.41. The Kier molecular flexibility index (Phi) is 4.58. The topological polar surface area (TPSA) is 15.3 Å². The predicted octanol–water partition coefficient (Wildman–Crippen LogP) is 3.17. The number of piperidine rings is 1. The molecule has 3 rings (SSSR count). The van der Waals surface area contributed by atoms with Gasteiger partial charge in [-0.1, -0.05) is 12.8 Å². The molecule has 0 radical (unpaired) electrons. The van der Waals surface area contributed by atoms with Crippen molar-refractivity contribution < 1.29 is 0 Å². The van der Waals surface area contributed by atoms with Crippen LogP contribution in [0.3, 0.4) is 0 Å². The van der Waals surface area contributed by atoms with Gasteiger partial charge in [-0.25, -0.2) is 0 Å². The lowest BCUT2D eigenvalue weighted by atomic mass is 9.78. The van der Waals surface area contributed by atoms with E-state index in [2.05, 4.69) is 10.2 Å². The summed E-state index contributed by atoms with van der Waals surface area (Å²) in [7, 11) is 0. The van der Waals surface area contributed by atoms with Crippen LogP contribution in [0.25, 0.3) is 0 Å². The number of fused-ring (bicyclic) bond motifs is 1. The van der Waals surface area contributed by atoms with E-state index in [1.807, 2.05) is 0 Å². The molecule has 2 saturated heterocycles. The van der Waals surface area contributed by atoms with Crippen LogP contribution in [0.15, 0.2) is 0 Å². The monoisotopic (exact) mass is 250 g/mol. The number of nitrogens with zero attached hydrogens (tertiary/aromatic N) is 1. The van der Waals surface area contributed by atoms with Gasteiger partial charge in [-0.15, -0.1) is 0 Å². The van der Waals surface area contributed by atoms with Crippen molar-refractivity contribution in [2.75, 3.05) is 19.6 Å². The zero-order valence-corrected chi connectivity index (χ0v) is 11.9. The summed E-state index contributed by atoms with van der Waals surface area (Å²) in [5, 5.41) is 3.63. The van der Waals surface area contributed by atoms with E-state index in [0.29, 0.717) is 0 Å². The van der Waals surface area contributed by atoms with Gasteiger partial charge in [0.2, 0.25) is 0 Å². The smallest absolute Gasteiger partial charge is 0.0123 e. The second-order valence-corrected chi connectivity index (χ2v) is 6.73. The number of rotatable bonds is 4. The summed E-state index contributed by atoms with van der Waals surface area (Å²) in [6.45, 7) is 4.03. The molecule has 1 saturated carbocycles. The second-order valence-electron chi connectivity index (χ2n) is 6.73. The van der Waals surface area contributed by atoms with Crippen molar-refractivity contribution in [1.29, 1.82) is 0 Å². The van der Waals surface area contributed by atoms with Crippen LogP contribution < -0.4 is 5.32 Å². The van der Waals surface area contributed by atoms with Gasteiger partial charge in [-0.3, -0.25) is 0 Å². The lowest BCUT2D eigenvalue weighted by Gasteiger charge is -2.44. The minimum atomic E-state index is 0.844. The van der Waals surface area contributed by atoms with Gasteiger partial charge < -0.3 is 10.2 Å². The highest BCUT2D eigenvalue weighted by Gasteiger charge is 2.32. The summed E-state index contributed by atoms with van der Waals surface area (Å²) in [4.78, 5) is 2.85. The van der Waals surface area contributed by atoms with E-state index in [1.165, 1.54) is 83.8 Å². The van der Waals surface area contributed by atoms with E-state index >= 15 is 0 Å². The summed E-state index contributed by atoms with van der Waals surface area (Å²) < 4.78 is 0. The van der Waals surface area contributed by atoms with Crippen LogP contribution in [-0.4, -0.2) is 36.6 Å². The van der Waals surface area contributed by atoms with Gasteiger partial charge in [-0.05, 0) is 76.9 Å². The van der Waals surface area contributed by atoms with Crippen LogP contribution in [0.1, 0.15) is 64.2 Å². The van der Waals surface area contributed by atoms with Crippen molar-refractivity contribution >= 4 is 0 Å². The zero-order valence-electron chi connectivity index (χ0n) is 11.9. The van der Waals surface area contributed by atoms with E-state index in [1.54, 1.807) is 0 Å². The molecule has 0 aromatic carbocycles. The maximum absolute atomic E-state index is 3.63. The minimum absolute atomic E-state index is 0.844. The van der Waals surface area contributed by atoms with Crippen molar-refractivity contribution in [3.05, 3.63) is 0 Å². The van der Waals surface area contributed by atoms with Crippen LogP contribution in [0.4, 0.5) is 0 Å². The van der Waals surface area contributed by atoms with Gasteiger partial charge in [0.1, 0.15) is 0 Å². The molecule has 0 aromatic heterocycles. The van der Waals surface area contributed by atoms with Gasteiger partial charge in [0.15, 0.2) is 0 Å². The highest BCUT2D eigenvalue weighted by atomic mass is 15.2. The Labute approximate surface area is 113 Å². The van der Waals surface area contributed by atoms with Gasteiger partial charge in [-0.2, -0.15) is 0 Å². The fourth-order valence-corrected chi connectivity index (χ4v) is 4.55. The molecule has 0 aromatic rings. The quantitative estimate of drug-likeness (QED) is 0.824. The Bertz CT molecular complexity index is 245. The van der Waals surface area contributed by atoms with Gasteiger partial charge >= 0.3 is 0 Å². The third-order valence-electron chi connectivity index (χ3n) is 5.52. The summed E-state index contributed by atoms with van der Waals surface area (Å²) in [6.07, 6.45) is 14.6. The first-order chi connectivity index (χ1) is 8.93. The van der Waals surface area contributed by atoms with Crippen LogP contribution >= 0.6 is 0 Å². The number of likely N-dealkylation sites (tertiary alicyclic amines) is 1. The molecule has 0 amide bonds. The average Bonchev–Trinajstić information content (AvgIpc) is 2.92. The third kappa shape index (κ3) is 3.08. The molecule has 0 bridgehead atoms. The molecule has 104 valence electrons. The Morgan fingerprint density at radius 2 is 1.83 bits per heavy atom. The molecule has 3 fully saturated rings. The Morgan fingerprint density at radius 1 is 0.944 bits per heavy atom. The molecule has 2 aliphatic heterocycles. The van der Waals surface area contributed by atoms with Crippen molar-refractivity contribution in [2.24, 2.45) is 5.92 Å². The molecular formula is C16H30N2. The first-order valence-corrected chi connectivity index (χ1v) is 8.41. The molecule has 0 spiro atoms. The van der Waals surface area contributed by atoms with Crippen LogP contribution in [0.5, 0.6) is 0 Å². The molecular weight excluding hydrogens is 220 g/mol. The van der Waals surface area contributed by atoms with E-state index in [-0.39, 0.29) is 0 Å². The Hall–Kier alpha value is -0.0800. The normalized spacial score (nSPS) is 37.7. The highest BCUT2D eigenvalue weighted by Crippen LogP contribution is 2.35. The fourth-order valence-electron chi connectivity index (χ4n) is 4.55. The highest BCUT2D eigenvalue weighted by molar-refractivity contribution is 4.87. The Balaban J connectivity index is 1.42. The molecule has 3 atom stereocenters. The van der Waals surface area contributed by atoms with E-state index in [9.17, 15) is 0 Å². The molecule has 18 heavy (non-hydrogen) atoms. The number of hydrogen-bond donors (Lipinski definition) is 1. The summed E-state index contributed by atoms with van der Waals surface area (Å²) >= 11 is 0. The van der Waals surface area contributed by atoms with Crippen LogP contribution in [0, 0.1) is 5.92 Å². The molecule has 2 nitrogen and oxygen atoms in total. The van der Waals surface area contributed by atoms with Gasteiger partial charge in [0.05, 0.1) is 0 Å². The lowest BCUT2D eigenvalue weighted by Crippen LogP contribution is -2.47.